The van der Waals surface area contributed by atoms with Gasteiger partial charge in [0.15, 0.2) is 0 Å². The van der Waals surface area contributed by atoms with E-state index in [9.17, 15) is 9.59 Å². The van der Waals surface area contributed by atoms with Crippen molar-refractivity contribution in [2.75, 3.05) is 12.0 Å². The summed E-state index contributed by atoms with van der Waals surface area (Å²) in [7, 11) is 0. The fourth-order valence-corrected chi connectivity index (χ4v) is 3.03. The number of hydrogen-bond acceptors (Lipinski definition) is 3. The molecular formula is C13H24N2O3S. The Bertz CT molecular complexity index is 325. The molecule has 1 saturated heterocycles. The van der Waals surface area contributed by atoms with Crippen LogP contribution >= 0.6 is 11.8 Å². The quantitative estimate of drug-likeness (QED) is 0.786. The molecule has 3 atom stereocenters. The third kappa shape index (κ3) is 4.30. The van der Waals surface area contributed by atoms with E-state index in [1.807, 2.05) is 18.1 Å². The van der Waals surface area contributed by atoms with Gasteiger partial charge in [-0.15, -0.1) is 0 Å². The summed E-state index contributed by atoms with van der Waals surface area (Å²) >= 11 is 1.58. The molecule has 2 unspecified atom stereocenters. The van der Waals surface area contributed by atoms with E-state index in [4.69, 9.17) is 5.11 Å². The van der Waals surface area contributed by atoms with Crippen molar-refractivity contribution >= 4 is 23.8 Å². The molecule has 110 valence electrons. The van der Waals surface area contributed by atoms with E-state index >= 15 is 0 Å². The predicted octanol–water partition coefficient (Wildman–Crippen LogP) is 2.17. The van der Waals surface area contributed by atoms with Crippen LogP contribution in [0.5, 0.6) is 0 Å². The molecule has 0 aromatic carbocycles. The van der Waals surface area contributed by atoms with E-state index < -0.39 is 12.0 Å². The van der Waals surface area contributed by atoms with Gasteiger partial charge in [-0.2, -0.15) is 11.8 Å². The van der Waals surface area contributed by atoms with Gasteiger partial charge in [-0.25, -0.2) is 9.59 Å². The SMILES string of the molecule is CCC1CCC(C)N1C(=O)N[C@H](CCSC)C(=O)O. The second-order valence-corrected chi connectivity index (χ2v) is 6.00. The van der Waals surface area contributed by atoms with Crippen LogP contribution in [-0.2, 0) is 4.79 Å². The lowest BCUT2D eigenvalue weighted by molar-refractivity contribution is -0.139. The number of carbonyl (C=O) groups is 2. The van der Waals surface area contributed by atoms with E-state index in [1.165, 1.54) is 0 Å². The van der Waals surface area contributed by atoms with Gasteiger partial charge in [0.1, 0.15) is 6.04 Å². The van der Waals surface area contributed by atoms with Crippen molar-refractivity contribution in [2.24, 2.45) is 0 Å². The number of urea groups is 1. The Balaban J connectivity index is 2.62. The first-order valence-electron chi connectivity index (χ1n) is 6.81. The van der Waals surface area contributed by atoms with Crippen LogP contribution < -0.4 is 5.32 Å². The fourth-order valence-electron chi connectivity index (χ4n) is 2.56. The zero-order valence-electron chi connectivity index (χ0n) is 11.9. The number of nitrogens with one attached hydrogen (secondary N) is 1. The Hall–Kier alpha value is -0.910. The number of carboxylic acids is 1. The highest BCUT2D eigenvalue weighted by molar-refractivity contribution is 7.98. The topological polar surface area (TPSA) is 69.6 Å². The Morgan fingerprint density at radius 3 is 2.68 bits per heavy atom. The van der Waals surface area contributed by atoms with Gasteiger partial charge in [0.2, 0.25) is 0 Å². The largest absolute Gasteiger partial charge is 0.480 e. The maximum atomic E-state index is 12.2. The summed E-state index contributed by atoms with van der Waals surface area (Å²) < 4.78 is 0. The van der Waals surface area contributed by atoms with Crippen LogP contribution in [0.3, 0.4) is 0 Å². The van der Waals surface area contributed by atoms with E-state index in [0.717, 1.165) is 25.0 Å². The molecule has 1 fully saturated rings. The first kappa shape index (κ1) is 16.1. The molecule has 0 saturated carbocycles. The average Bonchev–Trinajstić information content (AvgIpc) is 2.75. The van der Waals surface area contributed by atoms with Gasteiger partial charge in [0.25, 0.3) is 0 Å². The molecule has 1 rings (SSSR count). The van der Waals surface area contributed by atoms with Crippen LogP contribution in [0, 0.1) is 0 Å². The Kier molecular flexibility index (Phi) is 6.48. The van der Waals surface area contributed by atoms with Crippen molar-refractivity contribution in [2.45, 2.75) is 57.7 Å². The van der Waals surface area contributed by atoms with Crippen LogP contribution in [-0.4, -0.2) is 52.1 Å². The molecule has 2 N–H and O–H groups in total. The maximum absolute atomic E-state index is 12.2. The monoisotopic (exact) mass is 288 g/mol. The summed E-state index contributed by atoms with van der Waals surface area (Å²) in [5.74, 6) is -0.230. The molecule has 0 spiro atoms. The number of thioether (sulfide) groups is 1. The molecular weight excluding hydrogens is 264 g/mol. The van der Waals surface area contributed by atoms with Crippen molar-refractivity contribution in [1.82, 2.24) is 10.2 Å². The van der Waals surface area contributed by atoms with E-state index in [2.05, 4.69) is 12.2 Å². The minimum Gasteiger partial charge on any atom is -0.480 e. The second kappa shape index (κ2) is 7.62. The zero-order valence-corrected chi connectivity index (χ0v) is 12.7. The molecule has 1 heterocycles. The minimum atomic E-state index is -0.956. The standard InChI is InChI=1S/C13H24N2O3S/c1-4-10-6-5-9(2)15(10)13(18)14-11(12(16)17)7-8-19-3/h9-11H,4-8H2,1-3H3,(H,14,18)(H,16,17)/t9?,10?,11-/m1/s1. The van der Waals surface area contributed by atoms with E-state index in [1.54, 1.807) is 11.8 Å². The lowest BCUT2D eigenvalue weighted by atomic mass is 10.1. The van der Waals surface area contributed by atoms with Crippen molar-refractivity contribution in [1.29, 1.82) is 0 Å². The summed E-state index contributed by atoms with van der Waals surface area (Å²) in [4.78, 5) is 25.2. The number of hydrogen-bond donors (Lipinski definition) is 2. The lowest BCUT2D eigenvalue weighted by Gasteiger charge is -2.29. The maximum Gasteiger partial charge on any atom is 0.326 e. The molecule has 0 aromatic heterocycles. The number of aliphatic carboxylic acids is 1. The summed E-state index contributed by atoms with van der Waals surface area (Å²) in [5.41, 5.74) is 0. The van der Waals surface area contributed by atoms with Gasteiger partial charge in [-0.3, -0.25) is 0 Å². The Morgan fingerprint density at radius 2 is 2.16 bits per heavy atom. The Labute approximate surface area is 119 Å². The normalized spacial score (nSPS) is 24.3. The van der Waals surface area contributed by atoms with Gasteiger partial charge in [-0.05, 0) is 44.6 Å². The van der Waals surface area contributed by atoms with Crippen molar-refractivity contribution in [3.63, 3.8) is 0 Å². The highest BCUT2D eigenvalue weighted by atomic mass is 32.2. The molecule has 0 aromatic rings. The first-order valence-corrected chi connectivity index (χ1v) is 8.21. The van der Waals surface area contributed by atoms with Crippen molar-refractivity contribution in [3.8, 4) is 0 Å². The molecule has 5 nitrogen and oxygen atoms in total. The summed E-state index contributed by atoms with van der Waals surface area (Å²) in [5, 5.41) is 11.8. The van der Waals surface area contributed by atoms with Crippen LogP contribution in [0.4, 0.5) is 4.79 Å². The summed E-state index contributed by atoms with van der Waals surface area (Å²) in [6.07, 6.45) is 5.31. The number of amides is 2. The highest BCUT2D eigenvalue weighted by Crippen LogP contribution is 2.25. The number of likely N-dealkylation sites (tertiary alicyclic amines) is 1. The highest BCUT2D eigenvalue weighted by Gasteiger charge is 2.34. The molecule has 0 radical (unpaired) electrons. The summed E-state index contributed by atoms with van der Waals surface area (Å²) in [6, 6.07) is -0.583. The molecule has 0 aliphatic carbocycles. The smallest absolute Gasteiger partial charge is 0.326 e. The molecule has 6 heteroatoms. The van der Waals surface area contributed by atoms with Crippen LogP contribution in [0.1, 0.15) is 39.5 Å². The fraction of sp³-hybridized carbons (Fsp3) is 0.846. The van der Waals surface area contributed by atoms with Gasteiger partial charge in [0.05, 0.1) is 0 Å². The first-order chi connectivity index (χ1) is 9.01. The average molecular weight is 288 g/mol. The van der Waals surface area contributed by atoms with Gasteiger partial charge in [-0.1, -0.05) is 6.92 Å². The lowest BCUT2D eigenvalue weighted by Crippen LogP contribution is -2.51. The predicted molar refractivity (Wildman–Crippen MR) is 77.6 cm³/mol. The van der Waals surface area contributed by atoms with Crippen molar-refractivity contribution in [3.05, 3.63) is 0 Å². The van der Waals surface area contributed by atoms with Crippen molar-refractivity contribution < 1.29 is 14.7 Å². The summed E-state index contributed by atoms with van der Waals surface area (Å²) in [6.45, 7) is 4.08. The van der Waals surface area contributed by atoms with Gasteiger partial charge in [0, 0.05) is 12.1 Å². The Morgan fingerprint density at radius 1 is 1.47 bits per heavy atom. The molecule has 0 bridgehead atoms. The third-order valence-corrected chi connectivity index (χ3v) is 4.34. The number of carbonyl (C=O) groups excluding carboxylic acids is 1. The molecule has 2 amide bonds. The second-order valence-electron chi connectivity index (χ2n) is 5.02. The molecule has 1 aliphatic rings. The van der Waals surface area contributed by atoms with Gasteiger partial charge >= 0.3 is 12.0 Å². The van der Waals surface area contributed by atoms with Gasteiger partial charge < -0.3 is 15.3 Å². The third-order valence-electron chi connectivity index (χ3n) is 3.70. The van der Waals surface area contributed by atoms with Crippen LogP contribution in [0.25, 0.3) is 0 Å². The number of rotatable bonds is 6. The van der Waals surface area contributed by atoms with Crippen LogP contribution in [0.15, 0.2) is 0 Å². The van der Waals surface area contributed by atoms with E-state index in [0.29, 0.717) is 6.42 Å². The minimum absolute atomic E-state index is 0.194. The number of carboxylic acid groups (broad SMARTS) is 1. The molecule has 1 aliphatic heterocycles. The zero-order chi connectivity index (χ0) is 14.4. The van der Waals surface area contributed by atoms with E-state index in [-0.39, 0.29) is 18.1 Å². The number of nitrogens with zero attached hydrogens (tertiary/aromatic N) is 1. The molecule has 19 heavy (non-hydrogen) atoms. The van der Waals surface area contributed by atoms with Crippen LogP contribution in [0.2, 0.25) is 0 Å².